The number of ether oxygens (including phenoxy) is 1. The summed E-state index contributed by atoms with van der Waals surface area (Å²) < 4.78 is 11.8. The third kappa shape index (κ3) is 5.20. The van der Waals surface area contributed by atoms with Gasteiger partial charge in [-0.05, 0) is 69.4 Å². The zero-order valence-electron chi connectivity index (χ0n) is 26.9. The lowest BCUT2D eigenvalue weighted by molar-refractivity contribution is 0.0708. The highest BCUT2D eigenvalue weighted by Gasteiger charge is 2.26. The van der Waals surface area contributed by atoms with Crippen molar-refractivity contribution in [3.05, 3.63) is 59.0 Å². The van der Waals surface area contributed by atoms with Gasteiger partial charge in [0.2, 0.25) is 0 Å². The van der Waals surface area contributed by atoms with Crippen LogP contribution in [0.3, 0.4) is 0 Å². The van der Waals surface area contributed by atoms with Gasteiger partial charge in [-0.1, -0.05) is 6.42 Å². The number of methoxy groups -OCH3 is 1. The van der Waals surface area contributed by atoms with Crippen LogP contribution >= 0.6 is 0 Å². The number of pyridine rings is 1. The summed E-state index contributed by atoms with van der Waals surface area (Å²) in [6.07, 6.45) is 7.28. The first kappa shape index (κ1) is 30.0. The summed E-state index contributed by atoms with van der Waals surface area (Å²) in [5, 5.41) is 8.50. The van der Waals surface area contributed by atoms with Crippen LogP contribution in [0.4, 0.5) is 0 Å². The van der Waals surface area contributed by atoms with Gasteiger partial charge in [0.05, 0.1) is 36.3 Å². The quantitative estimate of drug-likeness (QED) is 0.309. The number of rotatable bonds is 3. The maximum atomic E-state index is 13.5. The third-order valence-corrected chi connectivity index (χ3v) is 9.49. The van der Waals surface area contributed by atoms with Gasteiger partial charge in [-0.25, -0.2) is 9.97 Å². The molecule has 0 radical (unpaired) electrons. The van der Waals surface area contributed by atoms with Crippen LogP contribution in [0.25, 0.3) is 33.6 Å². The monoisotopic (exact) mass is 623 g/mol. The number of aromatic nitrogens is 6. The Bertz CT molecular complexity index is 1970. The molecule has 0 aliphatic carbocycles. The van der Waals surface area contributed by atoms with Crippen LogP contribution < -0.4 is 15.8 Å². The SMILES string of the molecule is COc1cc(C(=O)N2CCC[C@@H](N)C2)cc2nc(-c3cc4ccc5nc4n3CCCCCc3cnn(C)c3C(=O)N[C@@H]5C)n(C)c12. The number of nitrogens with zero attached hydrogens (tertiary/aromatic N) is 7. The van der Waals surface area contributed by atoms with Crippen molar-refractivity contribution in [2.75, 3.05) is 20.2 Å². The largest absolute Gasteiger partial charge is 0.494 e. The smallest absolute Gasteiger partial charge is 0.270 e. The second-order valence-corrected chi connectivity index (χ2v) is 12.7. The number of benzene rings is 1. The average molecular weight is 624 g/mol. The molecule has 12 heteroatoms. The summed E-state index contributed by atoms with van der Waals surface area (Å²) in [5.74, 6) is 1.16. The van der Waals surface area contributed by atoms with Crippen LogP contribution in [0.15, 0.2) is 36.5 Å². The van der Waals surface area contributed by atoms with E-state index in [4.69, 9.17) is 20.4 Å². The minimum absolute atomic E-state index is 0.00395. The number of likely N-dealkylation sites (tertiary alicyclic amines) is 1. The highest BCUT2D eigenvalue weighted by Crippen LogP contribution is 2.35. The number of hydrogen-bond acceptors (Lipinski definition) is 7. The maximum absolute atomic E-state index is 13.5. The van der Waals surface area contributed by atoms with E-state index in [0.717, 1.165) is 84.4 Å². The number of aryl methyl sites for hydroxylation is 4. The summed E-state index contributed by atoms with van der Waals surface area (Å²) in [6, 6.07) is 9.53. The minimum Gasteiger partial charge on any atom is -0.494 e. The zero-order valence-corrected chi connectivity index (χ0v) is 26.9. The van der Waals surface area contributed by atoms with Crippen LogP contribution in [0.2, 0.25) is 0 Å². The summed E-state index contributed by atoms with van der Waals surface area (Å²) in [7, 11) is 5.41. The van der Waals surface area contributed by atoms with E-state index in [0.29, 0.717) is 35.6 Å². The molecule has 1 aromatic carbocycles. The molecule has 0 saturated carbocycles. The Morgan fingerprint density at radius 3 is 2.72 bits per heavy atom. The molecule has 6 heterocycles. The Morgan fingerprint density at radius 1 is 1.07 bits per heavy atom. The third-order valence-electron chi connectivity index (χ3n) is 9.49. The van der Waals surface area contributed by atoms with Gasteiger partial charge in [0.15, 0.2) is 5.82 Å². The number of hydrogen-bond donors (Lipinski definition) is 2. The number of carbonyl (C=O) groups excluding carboxylic acids is 2. The Kier molecular flexibility index (Phi) is 7.75. The van der Waals surface area contributed by atoms with Crippen molar-refractivity contribution in [1.29, 1.82) is 0 Å². The van der Waals surface area contributed by atoms with Gasteiger partial charge in [-0.15, -0.1) is 0 Å². The molecule has 2 aliphatic rings. The fourth-order valence-electron chi connectivity index (χ4n) is 7.05. The van der Waals surface area contributed by atoms with E-state index in [1.54, 1.807) is 18.0 Å². The molecule has 0 spiro atoms. The van der Waals surface area contributed by atoms with E-state index in [9.17, 15) is 9.59 Å². The first-order valence-electron chi connectivity index (χ1n) is 16.1. The highest BCUT2D eigenvalue weighted by molar-refractivity contribution is 6.00. The summed E-state index contributed by atoms with van der Waals surface area (Å²) >= 11 is 0. The van der Waals surface area contributed by atoms with Crippen LogP contribution in [-0.4, -0.2) is 71.8 Å². The molecular formula is C34H41N9O3. The molecule has 2 amide bonds. The number of nitrogens with two attached hydrogens (primary N) is 1. The Hall–Kier alpha value is -4.71. The molecule has 3 N–H and O–H groups in total. The molecule has 240 valence electrons. The first-order chi connectivity index (χ1) is 22.2. The fraction of sp³-hybridized carbons (Fsp3) is 0.441. The van der Waals surface area contributed by atoms with Gasteiger partial charge in [-0.2, -0.15) is 5.10 Å². The van der Waals surface area contributed by atoms with E-state index in [1.165, 1.54) is 0 Å². The number of piperidine rings is 1. The lowest BCUT2D eigenvalue weighted by Gasteiger charge is -2.30. The summed E-state index contributed by atoms with van der Waals surface area (Å²) in [4.78, 5) is 38.9. The average Bonchev–Trinajstić information content (AvgIpc) is 3.71. The van der Waals surface area contributed by atoms with E-state index < -0.39 is 0 Å². The number of nitrogens with one attached hydrogen (secondary N) is 1. The highest BCUT2D eigenvalue weighted by atomic mass is 16.5. The van der Waals surface area contributed by atoms with Crippen molar-refractivity contribution in [3.63, 3.8) is 0 Å². The Labute approximate surface area is 267 Å². The summed E-state index contributed by atoms with van der Waals surface area (Å²) in [5.41, 5.74) is 12.4. The van der Waals surface area contributed by atoms with Gasteiger partial charge in [-0.3, -0.25) is 14.3 Å². The van der Waals surface area contributed by atoms with E-state index >= 15 is 0 Å². The normalized spacial score (nSPS) is 19.3. The van der Waals surface area contributed by atoms with Crippen LogP contribution in [0.5, 0.6) is 5.75 Å². The van der Waals surface area contributed by atoms with Gasteiger partial charge in [0.25, 0.3) is 11.8 Å². The van der Waals surface area contributed by atoms with E-state index in [-0.39, 0.29) is 23.9 Å². The van der Waals surface area contributed by atoms with E-state index in [2.05, 4.69) is 27.1 Å². The maximum Gasteiger partial charge on any atom is 0.270 e. The standard InChI is InChI=1S/C34H41N9O3/c1-20-25-12-11-21-16-27(43(31(21)38-25)14-7-5-6-9-22-18-36-41(3)29(22)33(44)37-20)32-39-26-15-23(17-28(46-4)30(26)40(32)2)34(45)42-13-8-10-24(35)19-42/h11-12,15-18,20,24H,5-10,13-14,19,35H2,1-4H3,(H,37,44)/t20-,24-/m1/s1. The molecule has 2 atom stereocenters. The lowest BCUT2D eigenvalue weighted by Crippen LogP contribution is -2.45. The molecule has 46 heavy (non-hydrogen) atoms. The molecule has 5 aromatic rings. The van der Waals surface area contributed by atoms with Crippen molar-refractivity contribution >= 4 is 33.9 Å². The Morgan fingerprint density at radius 2 is 1.91 bits per heavy atom. The van der Waals surface area contributed by atoms with Gasteiger partial charge in [0.1, 0.15) is 22.6 Å². The van der Waals surface area contributed by atoms with Crippen molar-refractivity contribution in [2.45, 2.75) is 64.1 Å². The minimum atomic E-state index is -0.306. The first-order valence-corrected chi connectivity index (χ1v) is 16.1. The predicted octanol–water partition coefficient (Wildman–Crippen LogP) is 4.11. The topological polar surface area (TPSA) is 138 Å². The van der Waals surface area contributed by atoms with Crippen LogP contribution in [0, 0.1) is 0 Å². The molecule has 2 aliphatic heterocycles. The number of carbonyl (C=O) groups is 2. The number of fused-ring (bicyclic) bond motifs is 3. The second-order valence-electron chi connectivity index (χ2n) is 12.7. The van der Waals surface area contributed by atoms with Gasteiger partial charge in [0, 0.05) is 56.3 Å². The van der Waals surface area contributed by atoms with Crippen molar-refractivity contribution in [1.82, 2.24) is 39.1 Å². The Balaban J connectivity index is 1.30. The van der Waals surface area contributed by atoms with Crippen molar-refractivity contribution < 1.29 is 14.3 Å². The molecule has 4 aromatic heterocycles. The molecular weight excluding hydrogens is 582 g/mol. The fourth-order valence-corrected chi connectivity index (χ4v) is 7.05. The lowest BCUT2D eigenvalue weighted by atomic mass is 10.0. The molecule has 12 nitrogen and oxygen atoms in total. The van der Waals surface area contributed by atoms with Crippen LogP contribution in [-0.2, 0) is 27.1 Å². The second kappa shape index (κ2) is 11.9. The molecule has 1 saturated heterocycles. The van der Waals surface area contributed by atoms with E-state index in [1.807, 2.05) is 48.7 Å². The molecule has 0 unspecified atom stereocenters. The number of imidazole rings is 1. The molecule has 1 fully saturated rings. The molecule has 2 bridgehead atoms. The van der Waals surface area contributed by atoms with Crippen molar-refractivity contribution in [2.24, 2.45) is 19.8 Å². The zero-order chi connectivity index (χ0) is 32.1. The van der Waals surface area contributed by atoms with Gasteiger partial charge >= 0.3 is 0 Å². The number of amides is 2. The molecule has 7 rings (SSSR count). The predicted molar refractivity (Wildman–Crippen MR) is 176 cm³/mol. The van der Waals surface area contributed by atoms with Gasteiger partial charge < -0.3 is 29.8 Å². The van der Waals surface area contributed by atoms with Crippen LogP contribution in [0.1, 0.15) is 77.2 Å². The summed E-state index contributed by atoms with van der Waals surface area (Å²) in [6.45, 7) is 3.96. The van der Waals surface area contributed by atoms with Crippen molar-refractivity contribution in [3.8, 4) is 17.3 Å².